The number of nitro groups is 1. The molecule has 0 N–H and O–H groups in total. The van der Waals surface area contributed by atoms with Crippen LogP contribution in [-0.2, 0) is 0 Å². The van der Waals surface area contributed by atoms with Crippen molar-refractivity contribution in [1.29, 1.82) is 0 Å². The first kappa shape index (κ1) is 11.0. The van der Waals surface area contributed by atoms with Gasteiger partial charge in [0.2, 0.25) is 5.82 Å². The number of hydrogen-bond donors (Lipinski definition) is 0. The average Bonchev–Trinajstić information content (AvgIpc) is 3.08. The van der Waals surface area contributed by atoms with Crippen LogP contribution in [0, 0.1) is 10.1 Å². The molecule has 0 aliphatic heterocycles. The van der Waals surface area contributed by atoms with E-state index in [1.807, 2.05) is 0 Å². The van der Waals surface area contributed by atoms with Crippen LogP contribution in [0.25, 0.3) is 17.4 Å². The van der Waals surface area contributed by atoms with E-state index in [9.17, 15) is 10.1 Å². The topological polar surface area (TPSA) is 113 Å². The molecule has 3 aromatic rings. The van der Waals surface area contributed by atoms with Gasteiger partial charge in [-0.05, 0) is 28.6 Å². The smallest absolute Gasteiger partial charge is 0.397 e. The van der Waals surface area contributed by atoms with Crippen LogP contribution in [0.1, 0.15) is 0 Å². The highest BCUT2D eigenvalue weighted by molar-refractivity contribution is 5.50. The van der Waals surface area contributed by atoms with Crippen molar-refractivity contribution in [2.45, 2.75) is 0 Å². The van der Waals surface area contributed by atoms with E-state index in [4.69, 9.17) is 4.42 Å². The molecule has 9 nitrogen and oxygen atoms in total. The van der Waals surface area contributed by atoms with Gasteiger partial charge in [-0.2, -0.15) is 4.68 Å². The van der Waals surface area contributed by atoms with E-state index >= 15 is 0 Å². The zero-order valence-electron chi connectivity index (χ0n) is 9.37. The van der Waals surface area contributed by atoms with Gasteiger partial charge in [0.25, 0.3) is 0 Å². The first-order chi connectivity index (χ1) is 9.25. The lowest BCUT2D eigenvalue weighted by molar-refractivity contribution is -0.401. The highest BCUT2D eigenvalue weighted by atomic mass is 16.6. The van der Waals surface area contributed by atoms with Crippen LogP contribution in [-0.4, -0.2) is 30.1 Å². The van der Waals surface area contributed by atoms with Gasteiger partial charge in [0.1, 0.15) is 4.92 Å². The van der Waals surface area contributed by atoms with Gasteiger partial charge >= 0.3 is 5.88 Å². The maximum absolute atomic E-state index is 10.6. The molecule has 3 rings (SSSR count). The zero-order chi connectivity index (χ0) is 13.2. The van der Waals surface area contributed by atoms with Crippen LogP contribution in [0.3, 0.4) is 0 Å². The number of aromatic nitrogens is 5. The van der Waals surface area contributed by atoms with Crippen molar-refractivity contribution in [2.24, 2.45) is 0 Å². The third-order valence-electron chi connectivity index (χ3n) is 2.33. The Hall–Kier alpha value is -3.10. The maximum atomic E-state index is 10.6. The molecule has 3 aromatic heterocycles. The highest BCUT2D eigenvalue weighted by Gasteiger charge is 2.19. The second-order valence-electron chi connectivity index (χ2n) is 3.50. The number of tetrazole rings is 1. The molecule has 0 saturated carbocycles. The Morgan fingerprint density at radius 3 is 2.84 bits per heavy atom. The van der Waals surface area contributed by atoms with Gasteiger partial charge in [-0.1, -0.05) is 6.07 Å². The monoisotopic (exact) mass is 258 g/mol. The minimum atomic E-state index is -0.627. The molecular weight excluding hydrogens is 252 g/mol. The van der Waals surface area contributed by atoms with Crippen LogP contribution in [0.5, 0.6) is 0 Å². The summed E-state index contributed by atoms with van der Waals surface area (Å²) in [6.07, 6.45) is 1.59. The molecule has 0 saturated heterocycles. The lowest BCUT2D eigenvalue weighted by atomic mass is 10.4. The van der Waals surface area contributed by atoms with Crippen molar-refractivity contribution < 1.29 is 9.34 Å². The lowest BCUT2D eigenvalue weighted by Gasteiger charge is -1.99. The Balaban J connectivity index is 2.07. The number of rotatable bonds is 3. The summed E-state index contributed by atoms with van der Waals surface area (Å²) in [4.78, 5) is 14.0. The Bertz CT molecular complexity index is 720. The average molecular weight is 258 g/mol. The number of hydrogen-bond acceptors (Lipinski definition) is 7. The molecule has 0 aromatic carbocycles. The Morgan fingerprint density at radius 1 is 1.26 bits per heavy atom. The van der Waals surface area contributed by atoms with Gasteiger partial charge in [0.15, 0.2) is 11.6 Å². The fourth-order valence-corrected chi connectivity index (χ4v) is 1.52. The van der Waals surface area contributed by atoms with Gasteiger partial charge in [0, 0.05) is 6.20 Å². The fourth-order valence-electron chi connectivity index (χ4n) is 1.52. The van der Waals surface area contributed by atoms with E-state index in [0.717, 1.165) is 0 Å². The van der Waals surface area contributed by atoms with Crippen molar-refractivity contribution in [3.63, 3.8) is 0 Å². The Kier molecular flexibility index (Phi) is 2.49. The Labute approximate surface area is 105 Å². The molecule has 0 bridgehead atoms. The molecule has 0 atom stereocenters. The summed E-state index contributed by atoms with van der Waals surface area (Å²) in [5, 5.41) is 21.7. The minimum absolute atomic E-state index is 0.197. The van der Waals surface area contributed by atoms with Crippen molar-refractivity contribution in [3.05, 3.63) is 46.6 Å². The molecule has 0 amide bonds. The van der Waals surface area contributed by atoms with Crippen LogP contribution >= 0.6 is 0 Å². The zero-order valence-corrected chi connectivity index (χ0v) is 9.37. The van der Waals surface area contributed by atoms with E-state index in [1.54, 1.807) is 24.4 Å². The summed E-state index contributed by atoms with van der Waals surface area (Å²) >= 11 is 0. The van der Waals surface area contributed by atoms with E-state index in [-0.39, 0.29) is 17.5 Å². The second-order valence-corrected chi connectivity index (χ2v) is 3.50. The third kappa shape index (κ3) is 1.92. The highest BCUT2D eigenvalue weighted by Crippen LogP contribution is 2.24. The molecule has 0 aliphatic carbocycles. The molecule has 19 heavy (non-hydrogen) atoms. The maximum Gasteiger partial charge on any atom is 0.433 e. The molecular formula is C10H6N6O3. The van der Waals surface area contributed by atoms with Gasteiger partial charge < -0.3 is 4.42 Å². The summed E-state index contributed by atoms with van der Waals surface area (Å²) in [5.41, 5.74) is 0. The van der Waals surface area contributed by atoms with Crippen molar-refractivity contribution in [3.8, 4) is 17.4 Å². The summed E-state index contributed by atoms with van der Waals surface area (Å²) in [6, 6.07) is 7.91. The molecule has 9 heteroatoms. The molecule has 0 unspecified atom stereocenters. The molecule has 0 fully saturated rings. The molecule has 0 spiro atoms. The normalized spacial score (nSPS) is 10.5. The summed E-state index contributed by atoms with van der Waals surface area (Å²) < 4.78 is 6.40. The van der Waals surface area contributed by atoms with Crippen molar-refractivity contribution in [1.82, 2.24) is 25.2 Å². The van der Waals surface area contributed by atoms with Gasteiger partial charge in [-0.25, -0.2) is 4.98 Å². The quantitative estimate of drug-likeness (QED) is 0.512. The van der Waals surface area contributed by atoms with E-state index in [0.29, 0.717) is 5.82 Å². The van der Waals surface area contributed by atoms with Crippen molar-refractivity contribution in [2.75, 3.05) is 0 Å². The first-order valence-electron chi connectivity index (χ1n) is 5.20. The molecule has 3 heterocycles. The van der Waals surface area contributed by atoms with Crippen LogP contribution in [0.2, 0.25) is 0 Å². The molecule has 94 valence electrons. The molecule has 0 aliphatic rings. The summed E-state index contributed by atoms with van der Waals surface area (Å²) in [6.45, 7) is 0. The van der Waals surface area contributed by atoms with Crippen molar-refractivity contribution >= 4 is 5.88 Å². The van der Waals surface area contributed by atoms with E-state index in [2.05, 4.69) is 20.5 Å². The number of pyridine rings is 1. The number of furan rings is 1. The van der Waals surface area contributed by atoms with Crippen LogP contribution in [0.15, 0.2) is 40.9 Å². The minimum Gasteiger partial charge on any atom is -0.397 e. The third-order valence-corrected chi connectivity index (χ3v) is 2.33. The van der Waals surface area contributed by atoms with E-state index < -0.39 is 4.92 Å². The van der Waals surface area contributed by atoms with Crippen LogP contribution in [0.4, 0.5) is 5.88 Å². The van der Waals surface area contributed by atoms with Crippen LogP contribution < -0.4 is 0 Å². The Morgan fingerprint density at radius 2 is 2.16 bits per heavy atom. The lowest BCUT2D eigenvalue weighted by Crippen LogP contribution is -2.01. The molecule has 0 radical (unpaired) electrons. The first-order valence-corrected chi connectivity index (χ1v) is 5.20. The van der Waals surface area contributed by atoms with Gasteiger partial charge in [-0.15, -0.1) is 5.10 Å². The number of nitrogens with zero attached hydrogens (tertiary/aromatic N) is 6. The SMILES string of the molecule is O=[N+]([O-])c1ccc(-c2nnnn2-c2ccccn2)o1. The summed E-state index contributed by atoms with van der Waals surface area (Å²) in [5.74, 6) is 0.557. The van der Waals surface area contributed by atoms with Gasteiger partial charge in [-0.3, -0.25) is 10.1 Å². The summed E-state index contributed by atoms with van der Waals surface area (Å²) in [7, 11) is 0. The predicted molar refractivity (Wildman–Crippen MR) is 61.3 cm³/mol. The largest absolute Gasteiger partial charge is 0.433 e. The van der Waals surface area contributed by atoms with E-state index in [1.165, 1.54) is 16.8 Å². The fraction of sp³-hybridized carbons (Fsp3) is 0. The second kappa shape index (κ2) is 4.29. The standard InChI is InChI=1S/C10H6N6O3/c17-16(18)9-5-4-7(19-9)10-12-13-14-15(10)8-3-1-2-6-11-8/h1-6H. The van der Waals surface area contributed by atoms with Gasteiger partial charge in [0.05, 0.1) is 6.07 Å². The predicted octanol–water partition coefficient (Wildman–Crippen LogP) is 1.23.